The normalized spacial score (nSPS) is 10.9. The molecule has 0 aliphatic carbocycles. The minimum atomic E-state index is -0.387. The molecule has 0 fully saturated rings. The van der Waals surface area contributed by atoms with Crippen LogP contribution in [0.1, 0.15) is 29.8 Å². The van der Waals surface area contributed by atoms with Crippen LogP contribution >= 0.6 is 0 Å². The van der Waals surface area contributed by atoms with E-state index in [2.05, 4.69) is 10.5 Å². The van der Waals surface area contributed by atoms with E-state index in [0.717, 1.165) is 0 Å². The first kappa shape index (κ1) is 18.1. The summed E-state index contributed by atoms with van der Waals surface area (Å²) in [6.07, 6.45) is 1.39. The number of carbonyl (C=O) groups is 1. The van der Waals surface area contributed by atoms with Gasteiger partial charge < -0.3 is 19.7 Å². The third kappa shape index (κ3) is 4.87. The van der Waals surface area contributed by atoms with Gasteiger partial charge in [-0.15, -0.1) is 0 Å². The van der Waals surface area contributed by atoms with Gasteiger partial charge >= 0.3 is 0 Å². The molecule has 0 radical (unpaired) electrons. The molecule has 2 rings (SSSR count). The van der Waals surface area contributed by atoms with Crippen LogP contribution in [0.2, 0.25) is 0 Å². The Balaban J connectivity index is 2.02. The molecule has 25 heavy (non-hydrogen) atoms. The third-order valence-corrected chi connectivity index (χ3v) is 3.17. The minimum absolute atomic E-state index is 0.0583. The number of hydrogen-bond acceptors (Lipinski definition) is 6. The van der Waals surface area contributed by atoms with E-state index in [1.54, 1.807) is 24.3 Å². The molecule has 0 heterocycles. The Labute approximate surface area is 145 Å². The van der Waals surface area contributed by atoms with Crippen LogP contribution in [-0.4, -0.2) is 35.5 Å². The molecule has 7 heteroatoms. The molecule has 2 aromatic rings. The molecule has 3 N–H and O–H groups in total. The lowest BCUT2D eigenvalue weighted by atomic mass is 10.2. The van der Waals surface area contributed by atoms with Crippen molar-refractivity contribution in [3.05, 3.63) is 47.5 Å². The zero-order valence-electron chi connectivity index (χ0n) is 14.2. The van der Waals surface area contributed by atoms with E-state index >= 15 is 0 Å². The largest absolute Gasteiger partial charge is 0.504 e. The first-order valence-corrected chi connectivity index (χ1v) is 7.60. The highest BCUT2D eigenvalue weighted by atomic mass is 16.5. The van der Waals surface area contributed by atoms with Crippen LogP contribution in [0.3, 0.4) is 0 Å². The molecule has 0 aliphatic heterocycles. The minimum Gasteiger partial charge on any atom is -0.504 e. The number of aromatic hydroxyl groups is 2. The lowest BCUT2D eigenvalue weighted by molar-refractivity contribution is 0.0955. The fourth-order valence-corrected chi connectivity index (χ4v) is 2.03. The average Bonchev–Trinajstić information content (AvgIpc) is 2.57. The summed E-state index contributed by atoms with van der Waals surface area (Å²) in [5.74, 6) is -0.294. The molecule has 2 aromatic carbocycles. The van der Waals surface area contributed by atoms with Crippen LogP contribution in [0.4, 0.5) is 0 Å². The van der Waals surface area contributed by atoms with Crippen LogP contribution < -0.4 is 14.9 Å². The molecule has 0 saturated carbocycles. The van der Waals surface area contributed by atoms with Gasteiger partial charge in [0.25, 0.3) is 5.91 Å². The van der Waals surface area contributed by atoms with Gasteiger partial charge in [-0.05, 0) is 50.2 Å². The number of benzene rings is 2. The quantitative estimate of drug-likeness (QED) is 0.425. The molecule has 132 valence electrons. The highest BCUT2D eigenvalue weighted by Crippen LogP contribution is 2.35. The van der Waals surface area contributed by atoms with E-state index < -0.39 is 0 Å². The number of phenols is 2. The summed E-state index contributed by atoms with van der Waals surface area (Å²) in [5.41, 5.74) is 3.27. The van der Waals surface area contributed by atoms with Crippen LogP contribution in [0.5, 0.6) is 23.0 Å². The standard InChI is InChI=1S/C18H20N2O5/c1-11(2)25-14-6-4-13(5-7-14)18(23)20-19-10-12-8-15(21)17(22)16(9-12)24-3/h4-11,21-22H,1-3H3,(H,20,23)/b19-10+. The summed E-state index contributed by atoms with van der Waals surface area (Å²) in [6, 6.07) is 9.47. The Morgan fingerprint density at radius 1 is 1.20 bits per heavy atom. The SMILES string of the molecule is COc1cc(/C=N/NC(=O)c2ccc(OC(C)C)cc2)cc(O)c1O. The highest BCUT2D eigenvalue weighted by Gasteiger charge is 2.09. The number of phenolic OH excluding ortho intramolecular Hbond substituents is 2. The van der Waals surface area contributed by atoms with E-state index in [0.29, 0.717) is 16.9 Å². The van der Waals surface area contributed by atoms with E-state index in [1.165, 1.54) is 25.5 Å². The predicted molar refractivity (Wildman–Crippen MR) is 93.6 cm³/mol. The maximum Gasteiger partial charge on any atom is 0.271 e. The predicted octanol–water partition coefficient (Wildman–Crippen LogP) is 2.66. The van der Waals surface area contributed by atoms with E-state index in [1.807, 2.05) is 13.8 Å². The summed E-state index contributed by atoms with van der Waals surface area (Å²) in [7, 11) is 1.36. The van der Waals surface area contributed by atoms with Gasteiger partial charge in [0.05, 0.1) is 19.4 Å². The molecule has 0 atom stereocenters. The summed E-state index contributed by atoms with van der Waals surface area (Å²) >= 11 is 0. The maximum atomic E-state index is 12.0. The summed E-state index contributed by atoms with van der Waals surface area (Å²) in [6.45, 7) is 3.84. The van der Waals surface area contributed by atoms with Gasteiger partial charge in [0.15, 0.2) is 11.5 Å². The smallest absolute Gasteiger partial charge is 0.271 e. The molecule has 0 aromatic heterocycles. The number of nitrogens with zero attached hydrogens (tertiary/aromatic N) is 1. The molecule has 0 spiro atoms. The number of amides is 1. The fraction of sp³-hybridized carbons (Fsp3) is 0.222. The van der Waals surface area contributed by atoms with Crippen molar-refractivity contribution in [3.63, 3.8) is 0 Å². The fourth-order valence-electron chi connectivity index (χ4n) is 2.03. The number of carbonyl (C=O) groups excluding carboxylic acids is 1. The zero-order chi connectivity index (χ0) is 18.4. The second-order valence-electron chi connectivity index (χ2n) is 5.48. The lowest BCUT2D eigenvalue weighted by Crippen LogP contribution is -2.17. The third-order valence-electron chi connectivity index (χ3n) is 3.17. The van der Waals surface area contributed by atoms with Gasteiger partial charge in [-0.2, -0.15) is 5.10 Å². The number of hydrazone groups is 1. The molecule has 0 saturated heterocycles. The van der Waals surface area contributed by atoms with Gasteiger partial charge in [-0.3, -0.25) is 4.79 Å². The van der Waals surface area contributed by atoms with Crippen molar-refractivity contribution >= 4 is 12.1 Å². The van der Waals surface area contributed by atoms with E-state index in [9.17, 15) is 15.0 Å². The monoisotopic (exact) mass is 344 g/mol. The van der Waals surface area contributed by atoms with Crippen molar-refractivity contribution in [2.45, 2.75) is 20.0 Å². The number of rotatable bonds is 6. The Hall–Kier alpha value is -3.22. The molecule has 0 unspecified atom stereocenters. The molecule has 0 bridgehead atoms. The lowest BCUT2D eigenvalue weighted by Gasteiger charge is -2.09. The van der Waals surface area contributed by atoms with E-state index in [4.69, 9.17) is 9.47 Å². The molecular weight excluding hydrogens is 324 g/mol. The molecule has 1 amide bonds. The van der Waals surface area contributed by atoms with Crippen molar-refractivity contribution in [3.8, 4) is 23.0 Å². The summed E-state index contributed by atoms with van der Waals surface area (Å²) in [4.78, 5) is 12.0. The van der Waals surface area contributed by atoms with Crippen molar-refractivity contribution in [2.75, 3.05) is 7.11 Å². The van der Waals surface area contributed by atoms with Gasteiger partial charge in [0, 0.05) is 11.1 Å². The molecule has 0 aliphatic rings. The first-order chi connectivity index (χ1) is 11.9. The Bertz CT molecular complexity index is 770. The topological polar surface area (TPSA) is 100 Å². The van der Waals surface area contributed by atoms with Gasteiger partial charge in [-0.25, -0.2) is 5.43 Å². The number of ether oxygens (including phenoxy) is 2. The van der Waals surface area contributed by atoms with Gasteiger partial charge in [0.2, 0.25) is 5.75 Å². The van der Waals surface area contributed by atoms with Crippen LogP contribution in [0.25, 0.3) is 0 Å². The Morgan fingerprint density at radius 3 is 2.48 bits per heavy atom. The average molecular weight is 344 g/mol. The van der Waals surface area contributed by atoms with Crippen LogP contribution in [-0.2, 0) is 0 Å². The van der Waals surface area contributed by atoms with Crippen molar-refractivity contribution < 1.29 is 24.5 Å². The summed E-state index contributed by atoms with van der Waals surface area (Å²) < 4.78 is 10.4. The first-order valence-electron chi connectivity index (χ1n) is 7.60. The van der Waals surface area contributed by atoms with E-state index in [-0.39, 0.29) is 29.3 Å². The number of hydrogen-bond donors (Lipinski definition) is 3. The van der Waals surface area contributed by atoms with Gasteiger partial charge in [-0.1, -0.05) is 0 Å². The second-order valence-corrected chi connectivity index (χ2v) is 5.48. The van der Waals surface area contributed by atoms with Gasteiger partial charge in [0.1, 0.15) is 5.75 Å². The molecular formula is C18H20N2O5. The van der Waals surface area contributed by atoms with Crippen molar-refractivity contribution in [1.82, 2.24) is 5.43 Å². The zero-order valence-corrected chi connectivity index (χ0v) is 14.2. The van der Waals surface area contributed by atoms with Crippen LogP contribution in [0, 0.1) is 0 Å². The summed E-state index contributed by atoms with van der Waals surface area (Å²) in [5, 5.41) is 23.0. The van der Waals surface area contributed by atoms with Crippen molar-refractivity contribution in [1.29, 1.82) is 0 Å². The Kier molecular flexibility index (Phi) is 5.84. The van der Waals surface area contributed by atoms with Crippen LogP contribution in [0.15, 0.2) is 41.5 Å². The maximum absolute atomic E-state index is 12.0. The number of methoxy groups -OCH3 is 1. The van der Waals surface area contributed by atoms with Crippen molar-refractivity contribution in [2.24, 2.45) is 5.10 Å². The second kappa shape index (κ2) is 8.05. The molecule has 7 nitrogen and oxygen atoms in total. The number of nitrogens with one attached hydrogen (secondary N) is 1. The highest BCUT2D eigenvalue weighted by molar-refractivity contribution is 5.95. The Morgan fingerprint density at radius 2 is 1.88 bits per heavy atom.